The van der Waals surface area contributed by atoms with Crippen LogP contribution in [0.1, 0.15) is 11.6 Å². The summed E-state index contributed by atoms with van der Waals surface area (Å²) in [5, 5.41) is 0. The summed E-state index contributed by atoms with van der Waals surface area (Å²) >= 11 is 0. The van der Waals surface area contributed by atoms with Gasteiger partial charge in [-0.05, 0) is 24.7 Å². The zero-order valence-corrected chi connectivity index (χ0v) is 11.3. The molecule has 0 spiro atoms. The van der Waals surface area contributed by atoms with Gasteiger partial charge in [0, 0.05) is 26.2 Å². The minimum Gasteiger partial charge on any atom is -0.468 e. The summed E-state index contributed by atoms with van der Waals surface area (Å²) in [5.41, 5.74) is 0.776. The van der Waals surface area contributed by atoms with Crippen LogP contribution in [0.2, 0.25) is 0 Å². The highest BCUT2D eigenvalue weighted by Gasteiger charge is 2.30. The Morgan fingerprint density at radius 3 is 2.32 bits per heavy atom. The first kappa shape index (κ1) is 14.0. The molecule has 1 aliphatic heterocycles. The van der Waals surface area contributed by atoms with Crippen molar-refractivity contribution in [1.29, 1.82) is 0 Å². The van der Waals surface area contributed by atoms with E-state index in [-0.39, 0.29) is 11.8 Å². The summed E-state index contributed by atoms with van der Waals surface area (Å²) in [5.74, 6) is -0.595. The second-order valence-corrected chi connectivity index (χ2v) is 4.82. The average Bonchev–Trinajstić information content (AvgIpc) is 2.43. The lowest BCUT2D eigenvalue weighted by molar-refractivity contribution is -0.148. The Labute approximate surface area is 112 Å². The second-order valence-electron chi connectivity index (χ2n) is 4.82. The molecule has 0 N–H and O–H groups in total. The molecule has 1 aliphatic rings. The van der Waals surface area contributed by atoms with Crippen LogP contribution in [0.25, 0.3) is 0 Å². The average molecular weight is 266 g/mol. The first-order valence-electron chi connectivity index (χ1n) is 6.37. The maximum atomic E-state index is 13.0. The fraction of sp³-hybridized carbons (Fsp3) is 0.500. The molecule has 1 fully saturated rings. The van der Waals surface area contributed by atoms with Crippen molar-refractivity contribution in [3.05, 3.63) is 35.6 Å². The Bertz CT molecular complexity index is 428. The lowest BCUT2D eigenvalue weighted by atomic mass is 10.0. The van der Waals surface area contributed by atoms with Gasteiger partial charge >= 0.3 is 5.97 Å². The molecular weight excluding hydrogens is 247 g/mol. The number of benzene rings is 1. The van der Waals surface area contributed by atoms with Crippen LogP contribution in [0.3, 0.4) is 0 Å². The van der Waals surface area contributed by atoms with E-state index in [0.717, 1.165) is 31.7 Å². The number of carbonyl (C=O) groups is 1. The van der Waals surface area contributed by atoms with Crippen LogP contribution in [0.15, 0.2) is 24.3 Å². The molecule has 0 aromatic heterocycles. The van der Waals surface area contributed by atoms with Crippen LogP contribution in [0.5, 0.6) is 0 Å². The van der Waals surface area contributed by atoms with Gasteiger partial charge in [0.1, 0.15) is 11.9 Å². The monoisotopic (exact) mass is 266 g/mol. The normalized spacial score (nSPS) is 19.1. The number of ether oxygens (including phenoxy) is 1. The molecule has 19 heavy (non-hydrogen) atoms. The lowest BCUT2D eigenvalue weighted by Crippen LogP contribution is -2.48. The summed E-state index contributed by atoms with van der Waals surface area (Å²) in [6.45, 7) is 3.42. The maximum Gasteiger partial charge on any atom is 0.327 e. The number of halogens is 1. The predicted octanol–water partition coefficient (Wildman–Crippen LogP) is 1.29. The smallest absolute Gasteiger partial charge is 0.327 e. The summed E-state index contributed by atoms with van der Waals surface area (Å²) in [6, 6.07) is 5.60. The molecule has 4 nitrogen and oxygen atoms in total. The van der Waals surface area contributed by atoms with Crippen molar-refractivity contribution in [1.82, 2.24) is 9.80 Å². The first-order valence-corrected chi connectivity index (χ1v) is 6.37. The summed E-state index contributed by atoms with van der Waals surface area (Å²) in [4.78, 5) is 16.3. The Hall–Kier alpha value is -1.46. The number of rotatable bonds is 3. The third-order valence-corrected chi connectivity index (χ3v) is 3.51. The molecule has 104 valence electrons. The Kier molecular flexibility index (Phi) is 4.50. The van der Waals surface area contributed by atoms with Gasteiger partial charge in [-0.1, -0.05) is 12.1 Å². The number of hydrogen-bond acceptors (Lipinski definition) is 4. The van der Waals surface area contributed by atoms with E-state index in [1.54, 1.807) is 12.1 Å². The minimum absolute atomic E-state index is 0.295. The molecule has 0 saturated carbocycles. The van der Waals surface area contributed by atoms with Gasteiger partial charge in [0.25, 0.3) is 0 Å². The Balaban J connectivity index is 2.21. The molecular formula is C14H19FN2O2. The molecule has 1 heterocycles. The quantitative estimate of drug-likeness (QED) is 0.772. The lowest BCUT2D eigenvalue weighted by Gasteiger charge is -2.36. The van der Waals surface area contributed by atoms with E-state index in [2.05, 4.69) is 16.8 Å². The van der Waals surface area contributed by atoms with Crippen molar-refractivity contribution in [3.8, 4) is 0 Å². The fourth-order valence-electron chi connectivity index (χ4n) is 2.33. The molecule has 1 atom stereocenters. The molecule has 0 radical (unpaired) electrons. The highest BCUT2D eigenvalue weighted by Crippen LogP contribution is 2.23. The van der Waals surface area contributed by atoms with E-state index in [1.807, 2.05) is 0 Å². The number of carbonyl (C=O) groups excluding carboxylic acids is 1. The van der Waals surface area contributed by atoms with Crippen LogP contribution in [-0.2, 0) is 9.53 Å². The van der Waals surface area contributed by atoms with Crippen LogP contribution in [-0.4, -0.2) is 56.1 Å². The van der Waals surface area contributed by atoms with Gasteiger partial charge in [-0.3, -0.25) is 4.90 Å². The fourth-order valence-corrected chi connectivity index (χ4v) is 2.33. The second kappa shape index (κ2) is 6.12. The molecule has 0 aliphatic carbocycles. The number of likely N-dealkylation sites (N-methyl/N-ethyl adjacent to an activating group) is 1. The van der Waals surface area contributed by atoms with E-state index >= 15 is 0 Å². The topological polar surface area (TPSA) is 32.8 Å². The van der Waals surface area contributed by atoms with Crippen LogP contribution >= 0.6 is 0 Å². The number of esters is 1. The van der Waals surface area contributed by atoms with Crippen molar-refractivity contribution in [2.45, 2.75) is 6.04 Å². The van der Waals surface area contributed by atoms with E-state index < -0.39 is 6.04 Å². The van der Waals surface area contributed by atoms with Gasteiger partial charge in [0.2, 0.25) is 0 Å². The van der Waals surface area contributed by atoms with Crippen LogP contribution in [0.4, 0.5) is 4.39 Å². The van der Waals surface area contributed by atoms with Gasteiger partial charge in [-0.25, -0.2) is 9.18 Å². The van der Waals surface area contributed by atoms with Crippen molar-refractivity contribution in [2.24, 2.45) is 0 Å². The molecule has 1 unspecified atom stereocenters. The molecule has 1 aromatic rings. The molecule has 0 amide bonds. The SMILES string of the molecule is COC(=O)C(c1ccc(F)cc1)N1CCN(C)CC1. The van der Waals surface area contributed by atoms with Crippen molar-refractivity contribution in [2.75, 3.05) is 40.3 Å². The third-order valence-electron chi connectivity index (χ3n) is 3.51. The molecule has 1 saturated heterocycles. The minimum atomic E-state index is -0.445. The Morgan fingerprint density at radius 2 is 1.79 bits per heavy atom. The first-order chi connectivity index (χ1) is 9.11. The van der Waals surface area contributed by atoms with Gasteiger partial charge in [0.05, 0.1) is 7.11 Å². The van der Waals surface area contributed by atoms with Crippen molar-refractivity contribution < 1.29 is 13.9 Å². The summed E-state index contributed by atoms with van der Waals surface area (Å²) in [7, 11) is 3.44. The van der Waals surface area contributed by atoms with Crippen molar-refractivity contribution >= 4 is 5.97 Å². The van der Waals surface area contributed by atoms with E-state index in [0.29, 0.717) is 0 Å². The number of methoxy groups -OCH3 is 1. The largest absolute Gasteiger partial charge is 0.468 e. The van der Waals surface area contributed by atoms with Gasteiger partial charge < -0.3 is 9.64 Å². The molecule has 0 bridgehead atoms. The van der Waals surface area contributed by atoms with Crippen LogP contribution < -0.4 is 0 Å². The number of piperazine rings is 1. The van der Waals surface area contributed by atoms with Crippen molar-refractivity contribution in [3.63, 3.8) is 0 Å². The summed E-state index contributed by atoms with van der Waals surface area (Å²) < 4.78 is 17.9. The third kappa shape index (κ3) is 3.30. The highest BCUT2D eigenvalue weighted by molar-refractivity contribution is 5.77. The predicted molar refractivity (Wildman–Crippen MR) is 70.2 cm³/mol. The molecule has 1 aromatic carbocycles. The maximum absolute atomic E-state index is 13.0. The van der Waals surface area contributed by atoms with E-state index in [4.69, 9.17) is 4.74 Å². The van der Waals surface area contributed by atoms with Crippen LogP contribution in [0, 0.1) is 5.82 Å². The van der Waals surface area contributed by atoms with Gasteiger partial charge in [0.15, 0.2) is 0 Å². The standard InChI is InChI=1S/C14H19FN2O2/c1-16-7-9-17(10-8-16)13(14(18)19-2)11-3-5-12(15)6-4-11/h3-6,13H,7-10H2,1-2H3. The van der Waals surface area contributed by atoms with Gasteiger partial charge in [-0.2, -0.15) is 0 Å². The summed E-state index contributed by atoms with van der Waals surface area (Å²) in [6.07, 6.45) is 0. The zero-order chi connectivity index (χ0) is 13.8. The van der Waals surface area contributed by atoms with E-state index in [9.17, 15) is 9.18 Å². The van der Waals surface area contributed by atoms with E-state index in [1.165, 1.54) is 19.2 Å². The Morgan fingerprint density at radius 1 is 1.21 bits per heavy atom. The molecule has 2 rings (SSSR count). The molecule has 5 heteroatoms. The highest BCUT2D eigenvalue weighted by atomic mass is 19.1. The van der Waals surface area contributed by atoms with Gasteiger partial charge in [-0.15, -0.1) is 0 Å². The zero-order valence-electron chi connectivity index (χ0n) is 11.3. The number of hydrogen-bond donors (Lipinski definition) is 0. The number of nitrogens with zero attached hydrogens (tertiary/aromatic N) is 2.